The number of aromatic nitrogens is 1. The first-order valence-electron chi connectivity index (χ1n) is 5.91. The molecule has 0 aromatic carbocycles. The zero-order chi connectivity index (χ0) is 15.8. The summed E-state index contributed by atoms with van der Waals surface area (Å²) in [6, 6.07) is 0.391. The Morgan fingerprint density at radius 3 is 2.71 bits per heavy atom. The van der Waals surface area contributed by atoms with E-state index in [9.17, 15) is 14.4 Å². The van der Waals surface area contributed by atoms with Gasteiger partial charge in [-0.25, -0.2) is 5.48 Å². The Hall–Kier alpha value is -2.46. The highest BCUT2D eigenvalue weighted by Gasteiger charge is 2.23. The van der Waals surface area contributed by atoms with Crippen molar-refractivity contribution >= 4 is 17.7 Å². The molecule has 0 radical (unpaired) electrons. The molecule has 10 nitrogen and oxygen atoms in total. The van der Waals surface area contributed by atoms with E-state index in [1.807, 2.05) is 0 Å². The number of ether oxygens (including phenoxy) is 1. The molecule has 1 rings (SSSR count). The number of amides is 3. The van der Waals surface area contributed by atoms with Gasteiger partial charge in [-0.2, -0.15) is 0 Å². The molecule has 0 aliphatic heterocycles. The topological polar surface area (TPSA) is 143 Å². The normalized spacial score (nSPS) is 11.6. The van der Waals surface area contributed by atoms with Crippen LogP contribution in [-0.2, 0) is 14.3 Å². The lowest BCUT2D eigenvalue weighted by Gasteiger charge is -2.16. The largest absolute Gasteiger partial charge is 0.382 e. The lowest BCUT2D eigenvalue weighted by Crippen LogP contribution is -2.51. The van der Waals surface area contributed by atoms with Crippen LogP contribution in [0.15, 0.2) is 10.6 Å². The van der Waals surface area contributed by atoms with Crippen molar-refractivity contribution in [1.82, 2.24) is 21.3 Å². The molecule has 0 bridgehead atoms. The van der Waals surface area contributed by atoms with E-state index < -0.39 is 30.3 Å². The first-order chi connectivity index (χ1) is 9.97. The molecule has 0 unspecified atom stereocenters. The van der Waals surface area contributed by atoms with E-state index in [0.717, 1.165) is 0 Å². The predicted molar refractivity (Wildman–Crippen MR) is 67.3 cm³/mol. The summed E-state index contributed by atoms with van der Waals surface area (Å²) in [4.78, 5) is 34.5. The van der Waals surface area contributed by atoms with Crippen LogP contribution in [0.1, 0.15) is 16.2 Å². The van der Waals surface area contributed by atoms with Crippen molar-refractivity contribution in [2.45, 2.75) is 13.0 Å². The molecule has 21 heavy (non-hydrogen) atoms. The lowest BCUT2D eigenvalue weighted by atomic mass is 10.2. The number of hydroxylamine groups is 1. The quantitative estimate of drug-likeness (QED) is 0.349. The Labute approximate surface area is 119 Å². The molecule has 0 fully saturated rings. The summed E-state index contributed by atoms with van der Waals surface area (Å²) in [5, 5.41) is 16.5. The van der Waals surface area contributed by atoms with Gasteiger partial charge in [0.2, 0.25) is 5.91 Å². The maximum Gasteiger partial charge on any atom is 0.274 e. The zero-order valence-electron chi connectivity index (χ0n) is 11.5. The Bertz CT molecular complexity index is 515. The van der Waals surface area contributed by atoms with Gasteiger partial charge in [0, 0.05) is 13.2 Å². The van der Waals surface area contributed by atoms with E-state index in [0.29, 0.717) is 5.76 Å². The van der Waals surface area contributed by atoms with Crippen LogP contribution in [0.3, 0.4) is 0 Å². The van der Waals surface area contributed by atoms with E-state index in [-0.39, 0.29) is 12.3 Å². The number of nitrogens with zero attached hydrogens (tertiary/aromatic N) is 1. The summed E-state index contributed by atoms with van der Waals surface area (Å²) in [6.07, 6.45) is 0. The smallest absolute Gasteiger partial charge is 0.274 e. The molecule has 4 N–H and O–H groups in total. The molecule has 1 heterocycles. The van der Waals surface area contributed by atoms with Gasteiger partial charge >= 0.3 is 0 Å². The first-order valence-corrected chi connectivity index (χ1v) is 5.91. The summed E-state index contributed by atoms with van der Waals surface area (Å²) in [5.41, 5.74) is 1.39. The van der Waals surface area contributed by atoms with Crippen LogP contribution in [0.4, 0.5) is 0 Å². The summed E-state index contributed by atoms with van der Waals surface area (Å²) in [6.45, 7) is 1.08. The van der Waals surface area contributed by atoms with Crippen molar-refractivity contribution in [2.24, 2.45) is 0 Å². The first kappa shape index (κ1) is 16.6. The lowest BCUT2D eigenvalue weighted by molar-refractivity contribution is -0.132. The number of aryl methyl sites for hydroxylation is 1. The van der Waals surface area contributed by atoms with Crippen molar-refractivity contribution in [2.75, 3.05) is 20.3 Å². The fraction of sp³-hybridized carbons (Fsp3) is 0.455. The average molecular weight is 300 g/mol. The van der Waals surface area contributed by atoms with E-state index in [1.54, 1.807) is 6.92 Å². The van der Waals surface area contributed by atoms with Crippen LogP contribution >= 0.6 is 0 Å². The maximum absolute atomic E-state index is 11.9. The Kier molecular flexibility index (Phi) is 6.30. The van der Waals surface area contributed by atoms with Gasteiger partial charge in [0.15, 0.2) is 5.69 Å². The molecular weight excluding hydrogens is 284 g/mol. The second-order valence-electron chi connectivity index (χ2n) is 4.06. The number of nitrogens with one attached hydrogen (secondary N) is 3. The van der Waals surface area contributed by atoms with Gasteiger partial charge in [-0.3, -0.25) is 19.6 Å². The van der Waals surface area contributed by atoms with Crippen LogP contribution in [-0.4, -0.2) is 54.4 Å². The van der Waals surface area contributed by atoms with Crippen molar-refractivity contribution < 1.29 is 28.9 Å². The van der Waals surface area contributed by atoms with Crippen molar-refractivity contribution in [3.63, 3.8) is 0 Å². The number of rotatable bonds is 7. The van der Waals surface area contributed by atoms with E-state index in [1.165, 1.54) is 18.7 Å². The van der Waals surface area contributed by atoms with Crippen LogP contribution in [0.25, 0.3) is 0 Å². The third-order valence-electron chi connectivity index (χ3n) is 2.36. The van der Waals surface area contributed by atoms with Crippen LogP contribution < -0.4 is 16.1 Å². The van der Waals surface area contributed by atoms with Crippen molar-refractivity contribution in [1.29, 1.82) is 0 Å². The van der Waals surface area contributed by atoms with E-state index in [4.69, 9.17) is 14.5 Å². The second kappa shape index (κ2) is 7.97. The highest BCUT2D eigenvalue weighted by molar-refractivity contribution is 5.96. The Balaban J connectivity index is 2.61. The monoisotopic (exact) mass is 300 g/mol. The number of hydrogen-bond acceptors (Lipinski definition) is 7. The molecule has 0 saturated heterocycles. The molecule has 1 aromatic rings. The molecule has 0 spiro atoms. The van der Waals surface area contributed by atoms with Crippen molar-refractivity contribution in [3.8, 4) is 0 Å². The van der Waals surface area contributed by atoms with Gasteiger partial charge in [-0.05, 0) is 6.92 Å². The van der Waals surface area contributed by atoms with E-state index in [2.05, 4.69) is 15.8 Å². The maximum atomic E-state index is 11.9. The second-order valence-corrected chi connectivity index (χ2v) is 4.06. The molecule has 0 saturated carbocycles. The molecular formula is C11H16N4O6. The van der Waals surface area contributed by atoms with Crippen LogP contribution in [0.5, 0.6) is 0 Å². The standard InChI is InChI=1S/C11H16N4O6/c1-6-3-7(15-21-6)11(18)13-8(5-20-2)10(17)12-4-9(16)14-19/h3,8,19H,4-5H2,1-2H3,(H,12,17)(H,13,18)(H,14,16)/t8-/m0/s1. The predicted octanol–water partition coefficient (Wildman–Crippen LogP) is -1.65. The van der Waals surface area contributed by atoms with Crippen LogP contribution in [0, 0.1) is 6.92 Å². The average Bonchev–Trinajstić information content (AvgIpc) is 2.90. The van der Waals surface area contributed by atoms with Crippen LogP contribution in [0.2, 0.25) is 0 Å². The summed E-state index contributed by atoms with van der Waals surface area (Å²) in [7, 11) is 1.35. The van der Waals surface area contributed by atoms with Gasteiger partial charge in [-0.15, -0.1) is 0 Å². The molecule has 0 aliphatic rings. The summed E-state index contributed by atoms with van der Waals surface area (Å²) < 4.78 is 9.59. The zero-order valence-corrected chi connectivity index (χ0v) is 11.5. The van der Waals surface area contributed by atoms with Gasteiger partial charge in [-0.1, -0.05) is 5.16 Å². The number of carbonyl (C=O) groups excluding carboxylic acids is 3. The van der Waals surface area contributed by atoms with Gasteiger partial charge < -0.3 is 19.9 Å². The fourth-order valence-electron chi connectivity index (χ4n) is 1.39. The van der Waals surface area contributed by atoms with E-state index >= 15 is 0 Å². The van der Waals surface area contributed by atoms with Gasteiger partial charge in [0.25, 0.3) is 11.8 Å². The van der Waals surface area contributed by atoms with Crippen molar-refractivity contribution in [3.05, 3.63) is 17.5 Å². The Morgan fingerprint density at radius 2 is 2.19 bits per heavy atom. The molecule has 1 atom stereocenters. The number of carbonyl (C=O) groups is 3. The summed E-state index contributed by atoms with van der Waals surface area (Å²) >= 11 is 0. The third-order valence-corrected chi connectivity index (χ3v) is 2.36. The highest BCUT2D eigenvalue weighted by Crippen LogP contribution is 2.01. The number of hydrogen-bond donors (Lipinski definition) is 4. The highest BCUT2D eigenvalue weighted by atomic mass is 16.5. The van der Waals surface area contributed by atoms with Gasteiger partial charge in [0.05, 0.1) is 13.2 Å². The Morgan fingerprint density at radius 1 is 1.48 bits per heavy atom. The molecule has 10 heteroatoms. The number of methoxy groups -OCH3 is 1. The molecule has 116 valence electrons. The molecule has 0 aliphatic carbocycles. The minimum Gasteiger partial charge on any atom is -0.382 e. The molecule has 3 amide bonds. The minimum atomic E-state index is -1.02. The van der Waals surface area contributed by atoms with Gasteiger partial charge in [0.1, 0.15) is 11.8 Å². The minimum absolute atomic E-state index is 0.0227. The molecule has 1 aromatic heterocycles. The third kappa shape index (κ3) is 5.20. The summed E-state index contributed by atoms with van der Waals surface area (Å²) in [5.74, 6) is -1.60. The SMILES string of the molecule is COC[C@H](NC(=O)c1cc(C)on1)C(=O)NCC(=O)NO. The fourth-order valence-corrected chi connectivity index (χ4v) is 1.39.